The smallest absolute Gasteiger partial charge is 0.0446 e. The molecule has 1 saturated heterocycles. The van der Waals surface area contributed by atoms with Crippen LogP contribution in [0.1, 0.15) is 24.5 Å². The second kappa shape index (κ2) is 4.20. The van der Waals surface area contributed by atoms with Crippen molar-refractivity contribution in [2.75, 3.05) is 13.1 Å². The lowest BCUT2D eigenvalue weighted by atomic mass is 9.94. The zero-order valence-corrected chi connectivity index (χ0v) is 9.05. The minimum Gasteiger partial charge on any atom is -0.317 e. The highest BCUT2D eigenvalue weighted by atomic mass is 79.9. The maximum Gasteiger partial charge on any atom is 0.0446 e. The van der Waals surface area contributed by atoms with Crippen molar-refractivity contribution in [3.63, 3.8) is 0 Å². The van der Waals surface area contributed by atoms with Crippen LogP contribution < -0.4 is 5.32 Å². The molecule has 70 valence electrons. The van der Waals surface area contributed by atoms with Gasteiger partial charge in [0.25, 0.3) is 0 Å². The number of aromatic nitrogens is 1. The lowest BCUT2D eigenvalue weighted by Crippen LogP contribution is -2.26. The number of pyridine rings is 1. The minimum atomic E-state index is 0.652. The van der Waals surface area contributed by atoms with Crippen LogP contribution in [-0.4, -0.2) is 18.1 Å². The maximum atomic E-state index is 4.41. The van der Waals surface area contributed by atoms with Crippen LogP contribution in [0.15, 0.2) is 22.8 Å². The predicted molar refractivity (Wildman–Crippen MR) is 56.8 cm³/mol. The van der Waals surface area contributed by atoms with E-state index in [1.54, 1.807) is 0 Å². The largest absolute Gasteiger partial charge is 0.317 e. The van der Waals surface area contributed by atoms with Crippen molar-refractivity contribution in [2.24, 2.45) is 0 Å². The number of piperidine rings is 1. The summed E-state index contributed by atoms with van der Waals surface area (Å²) in [6, 6.07) is 4.11. The van der Waals surface area contributed by atoms with Crippen LogP contribution in [0.5, 0.6) is 0 Å². The summed E-state index contributed by atoms with van der Waals surface area (Å²) in [6.07, 6.45) is 4.30. The molecule has 0 atom stereocenters. The Balaban J connectivity index is 2.14. The minimum absolute atomic E-state index is 0.652. The number of hydrogen-bond donors (Lipinski definition) is 1. The van der Waals surface area contributed by atoms with E-state index in [-0.39, 0.29) is 0 Å². The average molecular weight is 241 g/mol. The quantitative estimate of drug-likeness (QED) is 0.816. The van der Waals surface area contributed by atoms with Crippen molar-refractivity contribution < 1.29 is 0 Å². The van der Waals surface area contributed by atoms with Crippen LogP contribution in [0.3, 0.4) is 0 Å². The molecule has 1 fully saturated rings. The van der Waals surface area contributed by atoms with Gasteiger partial charge >= 0.3 is 0 Å². The van der Waals surface area contributed by atoms with Gasteiger partial charge in [-0.3, -0.25) is 4.98 Å². The highest BCUT2D eigenvalue weighted by Gasteiger charge is 2.15. The van der Waals surface area contributed by atoms with Crippen molar-refractivity contribution in [2.45, 2.75) is 18.8 Å². The van der Waals surface area contributed by atoms with Crippen molar-refractivity contribution in [3.8, 4) is 0 Å². The molecule has 0 saturated carbocycles. The molecule has 0 aliphatic carbocycles. The van der Waals surface area contributed by atoms with E-state index in [2.05, 4.69) is 32.3 Å². The van der Waals surface area contributed by atoms with Crippen molar-refractivity contribution in [1.82, 2.24) is 10.3 Å². The van der Waals surface area contributed by atoms with Crippen LogP contribution in [-0.2, 0) is 0 Å². The lowest BCUT2D eigenvalue weighted by Gasteiger charge is -2.21. The molecule has 13 heavy (non-hydrogen) atoms. The molecule has 0 bridgehead atoms. The van der Waals surface area contributed by atoms with E-state index in [9.17, 15) is 0 Å². The normalized spacial score (nSPS) is 18.8. The third kappa shape index (κ3) is 2.29. The number of nitrogens with one attached hydrogen (secondary N) is 1. The van der Waals surface area contributed by atoms with Crippen LogP contribution >= 0.6 is 15.9 Å². The zero-order chi connectivity index (χ0) is 9.10. The van der Waals surface area contributed by atoms with Gasteiger partial charge < -0.3 is 5.32 Å². The van der Waals surface area contributed by atoms with Gasteiger partial charge in [-0.2, -0.15) is 0 Å². The number of hydrogen-bond acceptors (Lipinski definition) is 2. The Labute approximate surface area is 86.9 Å². The molecule has 3 heteroatoms. The van der Waals surface area contributed by atoms with Crippen LogP contribution in [0.4, 0.5) is 0 Å². The van der Waals surface area contributed by atoms with Gasteiger partial charge in [0.1, 0.15) is 0 Å². The molecule has 1 aromatic heterocycles. The Morgan fingerprint density at radius 2 is 2.15 bits per heavy atom. The molecule has 2 heterocycles. The van der Waals surface area contributed by atoms with E-state index in [1.807, 2.05) is 12.3 Å². The summed E-state index contributed by atoms with van der Waals surface area (Å²) >= 11 is 3.47. The second-order valence-corrected chi connectivity index (χ2v) is 4.34. The monoisotopic (exact) mass is 240 g/mol. The van der Waals surface area contributed by atoms with Gasteiger partial charge in [0.15, 0.2) is 0 Å². The Kier molecular flexibility index (Phi) is 2.96. The molecule has 0 spiro atoms. The molecule has 0 aromatic carbocycles. The lowest BCUT2D eigenvalue weighted by molar-refractivity contribution is 0.453. The first kappa shape index (κ1) is 9.16. The molecule has 0 radical (unpaired) electrons. The molecule has 2 nitrogen and oxygen atoms in total. The molecule has 0 amide bonds. The summed E-state index contributed by atoms with van der Waals surface area (Å²) in [4.78, 5) is 4.41. The van der Waals surface area contributed by atoms with Gasteiger partial charge in [0.05, 0.1) is 0 Å². The van der Waals surface area contributed by atoms with Crippen LogP contribution in [0, 0.1) is 0 Å². The zero-order valence-electron chi connectivity index (χ0n) is 7.46. The molecular formula is C10H13BrN2. The first-order chi connectivity index (χ1) is 6.36. The van der Waals surface area contributed by atoms with Gasteiger partial charge in [-0.1, -0.05) is 15.9 Å². The summed E-state index contributed by atoms with van der Waals surface area (Å²) in [5.74, 6) is 0.652. The standard InChI is InChI=1S/C10H13BrN2/c11-9-3-6-13-10(7-9)8-1-4-12-5-2-8/h3,6-8,12H,1-2,4-5H2. The van der Waals surface area contributed by atoms with Crippen molar-refractivity contribution >= 4 is 15.9 Å². The molecule has 1 N–H and O–H groups in total. The molecule has 2 rings (SSSR count). The third-order valence-corrected chi connectivity index (χ3v) is 2.99. The van der Waals surface area contributed by atoms with Crippen molar-refractivity contribution in [3.05, 3.63) is 28.5 Å². The van der Waals surface area contributed by atoms with E-state index in [0.29, 0.717) is 5.92 Å². The van der Waals surface area contributed by atoms with E-state index in [4.69, 9.17) is 0 Å². The summed E-state index contributed by atoms with van der Waals surface area (Å²) in [5, 5.41) is 3.36. The van der Waals surface area contributed by atoms with E-state index in [0.717, 1.165) is 17.6 Å². The number of rotatable bonds is 1. The molecule has 1 aliphatic rings. The fourth-order valence-electron chi connectivity index (χ4n) is 1.76. The molecular weight excluding hydrogens is 228 g/mol. The Bertz CT molecular complexity index is 282. The second-order valence-electron chi connectivity index (χ2n) is 3.42. The fraction of sp³-hybridized carbons (Fsp3) is 0.500. The van der Waals surface area contributed by atoms with Crippen LogP contribution in [0.2, 0.25) is 0 Å². The van der Waals surface area contributed by atoms with Gasteiger partial charge in [0, 0.05) is 22.3 Å². The molecule has 1 aliphatic heterocycles. The maximum absolute atomic E-state index is 4.41. The first-order valence-electron chi connectivity index (χ1n) is 4.68. The SMILES string of the molecule is Brc1ccnc(C2CCNCC2)c1. The van der Waals surface area contributed by atoms with Crippen molar-refractivity contribution in [1.29, 1.82) is 0 Å². The number of nitrogens with zero attached hydrogens (tertiary/aromatic N) is 1. The highest BCUT2D eigenvalue weighted by molar-refractivity contribution is 9.10. The average Bonchev–Trinajstić information content (AvgIpc) is 2.19. The Morgan fingerprint density at radius 3 is 2.85 bits per heavy atom. The van der Waals surface area contributed by atoms with Gasteiger partial charge in [-0.05, 0) is 38.1 Å². The van der Waals surface area contributed by atoms with Gasteiger partial charge in [-0.15, -0.1) is 0 Å². The first-order valence-corrected chi connectivity index (χ1v) is 5.48. The van der Waals surface area contributed by atoms with Crippen LogP contribution in [0.25, 0.3) is 0 Å². The number of halogens is 1. The summed E-state index contributed by atoms with van der Waals surface area (Å²) in [5.41, 5.74) is 1.23. The topological polar surface area (TPSA) is 24.9 Å². The van der Waals surface area contributed by atoms with E-state index in [1.165, 1.54) is 18.5 Å². The van der Waals surface area contributed by atoms with Gasteiger partial charge in [-0.25, -0.2) is 0 Å². The highest BCUT2D eigenvalue weighted by Crippen LogP contribution is 2.24. The molecule has 1 aromatic rings. The van der Waals surface area contributed by atoms with E-state index >= 15 is 0 Å². The third-order valence-electron chi connectivity index (χ3n) is 2.50. The fourth-order valence-corrected chi connectivity index (χ4v) is 2.11. The van der Waals surface area contributed by atoms with E-state index < -0.39 is 0 Å². The summed E-state index contributed by atoms with van der Waals surface area (Å²) in [6.45, 7) is 2.25. The predicted octanol–water partition coefficient (Wildman–Crippen LogP) is 2.31. The molecule has 0 unspecified atom stereocenters. The summed E-state index contributed by atoms with van der Waals surface area (Å²) < 4.78 is 1.14. The van der Waals surface area contributed by atoms with Gasteiger partial charge in [0.2, 0.25) is 0 Å². The summed E-state index contributed by atoms with van der Waals surface area (Å²) in [7, 11) is 0. The Morgan fingerprint density at radius 1 is 1.38 bits per heavy atom. The Hall–Kier alpha value is -0.410.